The molecule has 0 atom stereocenters. The summed E-state index contributed by atoms with van der Waals surface area (Å²) in [6.45, 7) is 8.66. The Hall–Kier alpha value is -3.27. The van der Waals surface area contributed by atoms with E-state index in [1.807, 2.05) is 36.5 Å². The number of hydrogen-bond donors (Lipinski definition) is 0. The van der Waals surface area contributed by atoms with Crippen LogP contribution in [0.5, 0.6) is 11.6 Å². The summed E-state index contributed by atoms with van der Waals surface area (Å²) in [6, 6.07) is 27.9. The molecule has 3 aromatic heterocycles. The zero-order chi connectivity index (χ0) is 25.0. The first-order chi connectivity index (χ1) is 17.3. The van der Waals surface area contributed by atoms with Crippen LogP contribution in [-0.4, -0.2) is 14.5 Å². The predicted octanol–water partition coefficient (Wildman–Crippen LogP) is 7.83. The summed E-state index contributed by atoms with van der Waals surface area (Å²) < 4.78 is 8.37. The number of ether oxygens (including phenoxy) is 1. The predicted molar refractivity (Wildman–Crippen MR) is 148 cm³/mol. The van der Waals surface area contributed by atoms with E-state index in [9.17, 15) is 0 Å². The van der Waals surface area contributed by atoms with Crippen molar-refractivity contribution in [2.45, 2.75) is 38.0 Å². The van der Waals surface area contributed by atoms with Gasteiger partial charge in [-0.1, -0.05) is 56.6 Å². The fourth-order valence-corrected chi connectivity index (χ4v) is 5.04. The molecule has 6 rings (SSSR count). The van der Waals surface area contributed by atoms with Crippen molar-refractivity contribution >= 4 is 45.3 Å². The molecule has 0 amide bonds. The Morgan fingerprint density at radius 2 is 1.68 bits per heavy atom. The smallest absolute Gasteiger partial charge is 0.778 e. The Morgan fingerprint density at radius 1 is 0.892 bits per heavy atom. The van der Waals surface area contributed by atoms with Crippen LogP contribution in [0.15, 0.2) is 83.9 Å². The van der Waals surface area contributed by atoms with Crippen LogP contribution in [-0.2, 0) is 39.1 Å². The summed E-state index contributed by atoms with van der Waals surface area (Å²) in [4.78, 5) is 10.2. The number of aromatic nitrogens is 3. The van der Waals surface area contributed by atoms with Gasteiger partial charge in [-0.2, -0.15) is 6.07 Å². The molecule has 0 aliphatic rings. The fraction of sp³-hybridized carbons (Fsp3) is 0.161. The van der Waals surface area contributed by atoms with E-state index < -0.39 is 0 Å². The van der Waals surface area contributed by atoms with Gasteiger partial charge in [0, 0.05) is 28.9 Å². The van der Waals surface area contributed by atoms with Gasteiger partial charge in [-0.25, -0.2) is 9.97 Å². The minimum atomic E-state index is -0.0125. The topological polar surface area (TPSA) is 39.9 Å². The minimum Gasteiger partial charge on any atom is -0.778 e. The second-order valence-corrected chi connectivity index (χ2v) is 10.6. The molecule has 0 saturated carbocycles. The third kappa shape index (κ3) is 4.52. The van der Waals surface area contributed by atoms with Crippen molar-refractivity contribution in [3.8, 4) is 17.4 Å². The van der Waals surface area contributed by atoms with Crippen LogP contribution in [0.2, 0.25) is 0 Å². The number of rotatable bonds is 3. The molecule has 6 aromatic rings. The number of hydrogen-bond acceptors (Lipinski definition) is 4. The average Bonchev–Trinajstić information content (AvgIpc) is 3.17. The number of nitrogens with zero attached hydrogens (tertiary/aromatic N) is 3. The molecule has 0 N–H and O–H groups in total. The maximum atomic E-state index is 6.24. The normalized spacial score (nSPS) is 11.7. The van der Waals surface area contributed by atoms with Crippen LogP contribution in [0.25, 0.3) is 38.5 Å². The maximum Gasteiger partial charge on any atom is 2.00 e. The second-order valence-electron chi connectivity index (χ2n) is 10.1. The molecule has 0 fully saturated rings. The van der Waals surface area contributed by atoms with Crippen molar-refractivity contribution in [3.63, 3.8) is 0 Å². The molecule has 0 saturated heterocycles. The molecule has 0 bridgehead atoms. The van der Waals surface area contributed by atoms with Crippen molar-refractivity contribution in [2.24, 2.45) is 0 Å². The SMILES string of the molecule is Cc1ccnc(-n2c3[c-]c(Oc4ccc5c(C(C)(C)C)ccc([S-])c5n4)ccc3c3ccccc32)c1.[Pt+2]. The first kappa shape index (κ1) is 25.4. The Labute approximate surface area is 236 Å². The molecule has 0 unspecified atom stereocenters. The van der Waals surface area contributed by atoms with E-state index in [-0.39, 0.29) is 26.5 Å². The minimum absolute atomic E-state index is 0. The van der Waals surface area contributed by atoms with E-state index >= 15 is 0 Å². The molecule has 6 heteroatoms. The van der Waals surface area contributed by atoms with Gasteiger partial charge in [0.05, 0.1) is 5.52 Å². The summed E-state index contributed by atoms with van der Waals surface area (Å²) in [7, 11) is 0. The third-order valence-electron chi connectivity index (χ3n) is 6.50. The summed E-state index contributed by atoms with van der Waals surface area (Å²) in [6.07, 6.45) is 1.84. The van der Waals surface area contributed by atoms with Crippen molar-refractivity contribution in [3.05, 3.63) is 96.2 Å². The summed E-state index contributed by atoms with van der Waals surface area (Å²) in [5, 5.41) is 3.30. The van der Waals surface area contributed by atoms with E-state index in [4.69, 9.17) is 22.3 Å². The van der Waals surface area contributed by atoms with Crippen molar-refractivity contribution < 1.29 is 25.8 Å². The Bertz CT molecular complexity index is 1790. The van der Waals surface area contributed by atoms with Crippen molar-refractivity contribution in [1.29, 1.82) is 0 Å². The average molecular weight is 683 g/mol. The fourth-order valence-electron chi connectivity index (χ4n) is 4.81. The van der Waals surface area contributed by atoms with E-state index in [0.717, 1.165) is 44.1 Å². The summed E-state index contributed by atoms with van der Waals surface area (Å²) in [5.41, 5.74) is 5.12. The number of fused-ring (bicyclic) bond motifs is 4. The standard InChI is InChI=1S/C31H26N3OS.Pt/c1-19-15-16-32-28(17-19)34-25-8-6-5-7-21(25)22-10-9-20(18-26(22)34)35-29-14-11-23-24(31(2,3)4)12-13-27(36)30(23)33-29;/h5-17,36H,1-4H3;/q-1;+2/p-1. The molecular formula is C31H25N3OPtS. The number of pyridine rings is 2. The molecule has 186 valence electrons. The molecule has 0 aliphatic heterocycles. The molecule has 0 radical (unpaired) electrons. The van der Waals surface area contributed by atoms with E-state index in [0.29, 0.717) is 16.5 Å². The van der Waals surface area contributed by atoms with Gasteiger partial charge in [-0.05, 0) is 53.1 Å². The van der Waals surface area contributed by atoms with Crippen LogP contribution in [0.4, 0.5) is 0 Å². The van der Waals surface area contributed by atoms with Gasteiger partial charge in [0.25, 0.3) is 0 Å². The molecule has 0 spiro atoms. The van der Waals surface area contributed by atoms with E-state index in [1.165, 1.54) is 5.56 Å². The zero-order valence-corrected chi connectivity index (χ0v) is 24.1. The number of benzene rings is 3. The van der Waals surface area contributed by atoms with Gasteiger partial charge in [0.15, 0.2) is 0 Å². The van der Waals surface area contributed by atoms with Gasteiger partial charge in [-0.15, -0.1) is 22.4 Å². The van der Waals surface area contributed by atoms with Crippen LogP contribution in [0, 0.1) is 13.0 Å². The quantitative estimate of drug-likeness (QED) is 0.141. The monoisotopic (exact) mass is 682 g/mol. The first-order valence-corrected chi connectivity index (χ1v) is 12.4. The molecule has 3 heterocycles. The summed E-state index contributed by atoms with van der Waals surface area (Å²) in [5.74, 6) is 1.93. The Balaban J connectivity index is 0.00000280. The molecule has 4 nitrogen and oxygen atoms in total. The van der Waals surface area contributed by atoms with Gasteiger partial charge < -0.3 is 21.9 Å². The van der Waals surface area contributed by atoms with Crippen LogP contribution >= 0.6 is 0 Å². The maximum absolute atomic E-state index is 6.24. The molecule has 3 aromatic carbocycles. The van der Waals surface area contributed by atoms with Crippen molar-refractivity contribution in [1.82, 2.24) is 14.5 Å². The summed E-state index contributed by atoms with van der Waals surface area (Å²) >= 11 is 5.61. The Morgan fingerprint density at radius 3 is 2.46 bits per heavy atom. The van der Waals surface area contributed by atoms with Crippen LogP contribution < -0.4 is 4.74 Å². The van der Waals surface area contributed by atoms with Gasteiger partial charge >= 0.3 is 21.1 Å². The molecular weight excluding hydrogens is 658 g/mol. The number of aryl methyl sites for hydroxylation is 1. The van der Waals surface area contributed by atoms with E-state index in [1.54, 1.807) is 0 Å². The van der Waals surface area contributed by atoms with Gasteiger partial charge in [-0.3, -0.25) is 0 Å². The molecule has 0 aliphatic carbocycles. The largest absolute Gasteiger partial charge is 2.00 e. The first-order valence-electron chi connectivity index (χ1n) is 12.0. The Kier molecular flexibility index (Phi) is 6.55. The van der Waals surface area contributed by atoms with Crippen molar-refractivity contribution in [2.75, 3.05) is 0 Å². The third-order valence-corrected chi connectivity index (χ3v) is 6.83. The van der Waals surface area contributed by atoms with E-state index in [2.05, 4.69) is 85.8 Å². The zero-order valence-electron chi connectivity index (χ0n) is 21.0. The second kappa shape index (κ2) is 9.55. The number of para-hydroxylation sites is 1. The van der Waals surface area contributed by atoms with Gasteiger partial charge in [0.1, 0.15) is 5.82 Å². The van der Waals surface area contributed by atoms with Gasteiger partial charge in [0.2, 0.25) is 5.88 Å². The van der Waals surface area contributed by atoms with Crippen LogP contribution in [0.3, 0.4) is 0 Å². The van der Waals surface area contributed by atoms with Crippen LogP contribution in [0.1, 0.15) is 31.9 Å². The molecule has 37 heavy (non-hydrogen) atoms.